The van der Waals surface area contributed by atoms with Crippen molar-refractivity contribution >= 4 is 23.2 Å². The maximum Gasteiger partial charge on any atom is 0.273 e. The summed E-state index contributed by atoms with van der Waals surface area (Å²) in [6.45, 7) is -0.0246. The molecule has 23 heavy (non-hydrogen) atoms. The first-order valence-electron chi connectivity index (χ1n) is 6.90. The highest BCUT2D eigenvalue weighted by atomic mass is 35.5. The summed E-state index contributed by atoms with van der Waals surface area (Å²) < 4.78 is 0. The largest absolute Gasteiger partial charge is 0.387 e. The van der Waals surface area contributed by atoms with Gasteiger partial charge < -0.3 is 10.4 Å². The number of nitrogens with one attached hydrogen (secondary N) is 1. The third kappa shape index (κ3) is 4.51. The van der Waals surface area contributed by atoms with Gasteiger partial charge in [0.05, 0.1) is 17.4 Å². The molecule has 0 saturated carbocycles. The lowest BCUT2D eigenvalue weighted by molar-refractivity contribution is -0.385. The summed E-state index contributed by atoms with van der Waals surface area (Å²) in [6.07, 6.45) is -1.08. The molecule has 0 spiro atoms. The zero-order valence-corrected chi connectivity index (χ0v) is 12.9. The van der Waals surface area contributed by atoms with E-state index in [9.17, 15) is 20.0 Å². The van der Waals surface area contributed by atoms with Gasteiger partial charge in [0.15, 0.2) is 0 Å². The molecule has 7 heteroatoms. The fraction of sp³-hybridized carbons (Fsp3) is 0.188. The second-order valence-electron chi connectivity index (χ2n) is 4.90. The molecule has 0 heterocycles. The quantitative estimate of drug-likeness (QED) is 0.627. The van der Waals surface area contributed by atoms with E-state index in [4.69, 9.17) is 11.6 Å². The molecule has 2 aromatic rings. The molecule has 0 saturated heterocycles. The van der Waals surface area contributed by atoms with E-state index in [0.717, 1.165) is 0 Å². The van der Waals surface area contributed by atoms with Gasteiger partial charge in [-0.25, -0.2) is 0 Å². The fourth-order valence-corrected chi connectivity index (χ4v) is 2.40. The number of carbonyl (C=O) groups excluding carboxylic acids is 1. The highest BCUT2D eigenvalue weighted by molar-refractivity contribution is 6.31. The van der Waals surface area contributed by atoms with Crippen LogP contribution in [0.3, 0.4) is 0 Å². The minimum absolute atomic E-state index is 0.0246. The van der Waals surface area contributed by atoms with E-state index in [1.165, 1.54) is 12.1 Å². The van der Waals surface area contributed by atoms with Gasteiger partial charge in [-0.3, -0.25) is 14.9 Å². The van der Waals surface area contributed by atoms with Crippen LogP contribution < -0.4 is 5.32 Å². The van der Waals surface area contributed by atoms with Crippen LogP contribution in [0.5, 0.6) is 0 Å². The van der Waals surface area contributed by atoms with Crippen molar-refractivity contribution in [3.63, 3.8) is 0 Å². The Kier molecular flexibility index (Phi) is 5.67. The average molecular weight is 335 g/mol. The second kappa shape index (κ2) is 7.71. The monoisotopic (exact) mass is 334 g/mol. The Morgan fingerprint density at radius 3 is 2.57 bits per heavy atom. The molecule has 0 aromatic heterocycles. The third-order valence-electron chi connectivity index (χ3n) is 3.30. The molecule has 0 bridgehead atoms. The molecular weight excluding hydrogens is 320 g/mol. The number of benzene rings is 2. The predicted octanol–water partition coefficient (Wildman–Crippen LogP) is 2.64. The first-order valence-corrected chi connectivity index (χ1v) is 7.28. The van der Waals surface area contributed by atoms with E-state index in [-0.39, 0.29) is 18.7 Å². The Balaban J connectivity index is 1.96. The number of aliphatic hydroxyl groups excluding tert-OH is 1. The van der Waals surface area contributed by atoms with Crippen LogP contribution in [0.4, 0.5) is 5.69 Å². The Labute approximate surface area is 137 Å². The summed E-state index contributed by atoms with van der Waals surface area (Å²) in [7, 11) is 0. The van der Waals surface area contributed by atoms with Gasteiger partial charge in [-0.15, -0.1) is 0 Å². The zero-order chi connectivity index (χ0) is 16.8. The third-order valence-corrected chi connectivity index (χ3v) is 3.64. The molecule has 2 N–H and O–H groups in total. The molecule has 0 aliphatic carbocycles. The van der Waals surface area contributed by atoms with Crippen LogP contribution in [0.2, 0.25) is 5.02 Å². The first-order chi connectivity index (χ1) is 11.0. The molecule has 0 fully saturated rings. The minimum Gasteiger partial charge on any atom is -0.387 e. The SMILES string of the molecule is O=C(Cc1ccccc1[N+](=O)[O-])NC[C@H](O)c1ccccc1Cl. The lowest BCUT2D eigenvalue weighted by atomic mass is 10.1. The topological polar surface area (TPSA) is 92.5 Å². The number of nitrogens with zero attached hydrogens (tertiary/aromatic N) is 1. The van der Waals surface area contributed by atoms with Gasteiger partial charge in [0, 0.05) is 28.8 Å². The zero-order valence-electron chi connectivity index (χ0n) is 12.1. The maximum atomic E-state index is 11.9. The number of nitro benzene ring substituents is 1. The molecule has 2 aromatic carbocycles. The molecule has 0 radical (unpaired) electrons. The summed E-state index contributed by atoms with van der Waals surface area (Å²) in [4.78, 5) is 22.3. The van der Waals surface area contributed by atoms with Crippen LogP contribution in [0.25, 0.3) is 0 Å². The highest BCUT2D eigenvalue weighted by Crippen LogP contribution is 2.22. The number of halogens is 1. The number of para-hydroxylation sites is 1. The van der Waals surface area contributed by atoms with E-state index in [0.29, 0.717) is 16.1 Å². The van der Waals surface area contributed by atoms with Crippen LogP contribution >= 0.6 is 11.6 Å². The van der Waals surface area contributed by atoms with Crippen molar-refractivity contribution in [2.24, 2.45) is 0 Å². The van der Waals surface area contributed by atoms with Crippen LogP contribution in [-0.4, -0.2) is 22.5 Å². The summed E-state index contributed by atoms with van der Waals surface area (Å²) in [5.41, 5.74) is 0.733. The fourth-order valence-electron chi connectivity index (χ4n) is 2.14. The molecule has 120 valence electrons. The van der Waals surface area contributed by atoms with Crippen molar-refractivity contribution in [2.75, 3.05) is 6.54 Å². The highest BCUT2D eigenvalue weighted by Gasteiger charge is 2.17. The van der Waals surface area contributed by atoms with Crippen LogP contribution in [0.1, 0.15) is 17.2 Å². The average Bonchev–Trinajstić information content (AvgIpc) is 2.53. The van der Waals surface area contributed by atoms with Gasteiger partial charge in [-0.05, 0) is 6.07 Å². The van der Waals surface area contributed by atoms with Gasteiger partial charge in [0.1, 0.15) is 0 Å². The maximum absolute atomic E-state index is 11.9. The van der Waals surface area contributed by atoms with Crippen molar-refractivity contribution in [3.8, 4) is 0 Å². The lowest BCUT2D eigenvalue weighted by Crippen LogP contribution is -2.29. The molecule has 1 amide bonds. The van der Waals surface area contributed by atoms with E-state index < -0.39 is 16.9 Å². The first kappa shape index (κ1) is 16.9. The van der Waals surface area contributed by atoms with E-state index in [1.54, 1.807) is 36.4 Å². The summed E-state index contributed by atoms with van der Waals surface area (Å²) in [5.74, 6) is -0.412. The standard InChI is InChI=1S/C16H15ClN2O4/c17-13-7-3-2-6-12(13)15(20)10-18-16(21)9-11-5-1-4-8-14(11)19(22)23/h1-8,15,20H,9-10H2,(H,18,21)/t15-/m0/s1. The van der Waals surface area contributed by atoms with Gasteiger partial charge in [-0.2, -0.15) is 0 Å². The lowest BCUT2D eigenvalue weighted by Gasteiger charge is -2.13. The van der Waals surface area contributed by atoms with Crippen LogP contribution in [0.15, 0.2) is 48.5 Å². The summed E-state index contributed by atoms with van der Waals surface area (Å²) in [5, 5.41) is 23.9. The summed E-state index contributed by atoms with van der Waals surface area (Å²) >= 11 is 5.97. The Bertz CT molecular complexity index is 721. The number of amides is 1. The van der Waals surface area contributed by atoms with Crippen molar-refractivity contribution in [2.45, 2.75) is 12.5 Å². The van der Waals surface area contributed by atoms with Gasteiger partial charge in [0.25, 0.3) is 5.69 Å². The van der Waals surface area contributed by atoms with Crippen molar-refractivity contribution in [1.29, 1.82) is 0 Å². The second-order valence-corrected chi connectivity index (χ2v) is 5.31. The predicted molar refractivity (Wildman–Crippen MR) is 86.2 cm³/mol. The molecular formula is C16H15ClN2O4. The molecule has 6 nitrogen and oxygen atoms in total. The van der Waals surface area contributed by atoms with Gasteiger partial charge >= 0.3 is 0 Å². The molecule has 0 unspecified atom stereocenters. The van der Waals surface area contributed by atoms with Crippen LogP contribution in [0, 0.1) is 10.1 Å². The summed E-state index contributed by atoms with van der Waals surface area (Å²) in [6, 6.07) is 12.8. The van der Waals surface area contributed by atoms with E-state index >= 15 is 0 Å². The normalized spacial score (nSPS) is 11.7. The number of aliphatic hydroxyl groups is 1. The van der Waals surface area contributed by atoms with Crippen molar-refractivity contribution in [3.05, 3.63) is 74.8 Å². The van der Waals surface area contributed by atoms with Crippen molar-refractivity contribution < 1.29 is 14.8 Å². The number of rotatable bonds is 6. The smallest absolute Gasteiger partial charge is 0.273 e. The molecule has 1 atom stereocenters. The number of carbonyl (C=O) groups is 1. The number of hydrogen-bond donors (Lipinski definition) is 2. The Hall–Kier alpha value is -2.44. The van der Waals surface area contributed by atoms with E-state index in [1.807, 2.05) is 0 Å². The minimum atomic E-state index is -0.946. The van der Waals surface area contributed by atoms with Gasteiger partial charge in [0.2, 0.25) is 5.91 Å². The molecule has 0 aliphatic rings. The van der Waals surface area contributed by atoms with Gasteiger partial charge in [-0.1, -0.05) is 48.0 Å². The van der Waals surface area contributed by atoms with E-state index in [2.05, 4.69) is 5.32 Å². The van der Waals surface area contributed by atoms with Crippen LogP contribution in [-0.2, 0) is 11.2 Å². The number of hydrogen-bond acceptors (Lipinski definition) is 4. The number of nitro groups is 1. The molecule has 2 rings (SSSR count). The molecule has 0 aliphatic heterocycles. The van der Waals surface area contributed by atoms with Crippen molar-refractivity contribution in [1.82, 2.24) is 5.32 Å². The Morgan fingerprint density at radius 2 is 1.87 bits per heavy atom. The Morgan fingerprint density at radius 1 is 1.22 bits per heavy atom.